The van der Waals surface area contributed by atoms with Crippen molar-refractivity contribution in [2.45, 2.75) is 0 Å². The molecule has 64 valence electrons. The number of rotatable bonds is 2. The fourth-order valence-corrected chi connectivity index (χ4v) is 0.905. The van der Waals surface area contributed by atoms with Crippen LogP contribution in [0.3, 0.4) is 0 Å². The Bertz CT molecular complexity index is 255. The Kier molecular flexibility index (Phi) is 2.76. The molecule has 0 aliphatic heterocycles. The van der Waals surface area contributed by atoms with Crippen molar-refractivity contribution in [3.8, 4) is 0 Å². The average Bonchev–Trinajstić information content (AvgIpc) is 2.05. The highest BCUT2D eigenvalue weighted by atomic mass is 16.6. The van der Waals surface area contributed by atoms with Gasteiger partial charge in [-0.3, -0.25) is 14.4 Å². The third-order valence-corrected chi connectivity index (χ3v) is 1.47. The van der Waals surface area contributed by atoms with E-state index in [1.807, 2.05) is 0 Å². The number of nitrogens with one attached hydrogen (secondary N) is 1. The first kappa shape index (κ1) is 8.67. The fourth-order valence-electron chi connectivity index (χ4n) is 0.905. The van der Waals surface area contributed by atoms with Crippen LogP contribution < -0.4 is 5.48 Å². The summed E-state index contributed by atoms with van der Waals surface area (Å²) in [5, 5.41) is 0. The highest BCUT2D eigenvalue weighted by Gasteiger charge is 2.22. The van der Waals surface area contributed by atoms with Gasteiger partial charge in [0.15, 0.2) is 5.78 Å². The van der Waals surface area contributed by atoms with Crippen LogP contribution in [0.25, 0.3) is 0 Å². The van der Waals surface area contributed by atoms with Gasteiger partial charge in [-0.1, -0.05) is 18.2 Å². The number of hydrogen-bond donors (Lipinski definition) is 1. The lowest BCUT2D eigenvalue weighted by atomic mass is 9.99. The summed E-state index contributed by atoms with van der Waals surface area (Å²) in [6, 6.07) is 0. The largest absolute Gasteiger partial charge is 0.294 e. The first-order valence-corrected chi connectivity index (χ1v) is 3.47. The van der Waals surface area contributed by atoms with E-state index in [1.165, 1.54) is 19.3 Å². The van der Waals surface area contributed by atoms with Gasteiger partial charge in [0.1, 0.15) is 5.92 Å². The number of amides is 1. The summed E-state index contributed by atoms with van der Waals surface area (Å²) in [5.41, 5.74) is 2.10. The molecule has 1 unspecified atom stereocenters. The molecular formula is C8H9NO3. The van der Waals surface area contributed by atoms with Crippen molar-refractivity contribution < 1.29 is 14.4 Å². The molecule has 0 fully saturated rings. The molecule has 1 rings (SSSR count). The van der Waals surface area contributed by atoms with Crippen LogP contribution in [-0.4, -0.2) is 18.8 Å². The summed E-state index contributed by atoms with van der Waals surface area (Å²) in [7, 11) is 1.32. The fraction of sp³-hybridized carbons (Fsp3) is 0.250. The maximum atomic E-state index is 11.1. The van der Waals surface area contributed by atoms with Crippen molar-refractivity contribution >= 4 is 11.7 Å². The summed E-state index contributed by atoms with van der Waals surface area (Å²) in [5.74, 6) is -1.41. The number of ketones is 1. The Hall–Kier alpha value is -1.42. The van der Waals surface area contributed by atoms with Gasteiger partial charge in [-0.25, -0.2) is 5.48 Å². The minimum Gasteiger partial charge on any atom is -0.294 e. The number of carbonyl (C=O) groups is 2. The van der Waals surface area contributed by atoms with Gasteiger partial charge in [0.25, 0.3) is 5.91 Å². The zero-order chi connectivity index (χ0) is 8.97. The Balaban J connectivity index is 2.63. The zero-order valence-electron chi connectivity index (χ0n) is 6.61. The molecule has 4 nitrogen and oxygen atoms in total. The van der Waals surface area contributed by atoms with E-state index in [4.69, 9.17) is 0 Å². The van der Waals surface area contributed by atoms with E-state index in [0.29, 0.717) is 0 Å². The molecule has 4 heteroatoms. The Morgan fingerprint density at radius 1 is 1.58 bits per heavy atom. The predicted octanol–water partition coefficient (Wildman–Crippen LogP) is -0.0247. The van der Waals surface area contributed by atoms with E-state index >= 15 is 0 Å². The van der Waals surface area contributed by atoms with Crippen LogP contribution in [0.2, 0.25) is 0 Å². The van der Waals surface area contributed by atoms with Gasteiger partial charge < -0.3 is 0 Å². The second-order valence-corrected chi connectivity index (χ2v) is 2.29. The van der Waals surface area contributed by atoms with Crippen LogP contribution in [-0.2, 0) is 14.4 Å². The van der Waals surface area contributed by atoms with Crippen molar-refractivity contribution in [1.29, 1.82) is 0 Å². The van der Waals surface area contributed by atoms with Gasteiger partial charge in [-0.05, 0) is 6.08 Å². The first-order valence-electron chi connectivity index (χ1n) is 3.47. The third-order valence-electron chi connectivity index (χ3n) is 1.47. The minimum absolute atomic E-state index is 0.230. The number of carbonyl (C=O) groups excluding carboxylic acids is 2. The Labute approximate surface area is 69.8 Å². The lowest BCUT2D eigenvalue weighted by Crippen LogP contribution is -2.33. The van der Waals surface area contributed by atoms with Gasteiger partial charge >= 0.3 is 0 Å². The summed E-state index contributed by atoms with van der Waals surface area (Å²) in [4.78, 5) is 26.5. The summed E-state index contributed by atoms with van der Waals surface area (Å²) < 4.78 is 0. The highest BCUT2D eigenvalue weighted by molar-refractivity contribution is 6.08. The van der Waals surface area contributed by atoms with E-state index in [1.54, 1.807) is 12.2 Å². The van der Waals surface area contributed by atoms with Crippen molar-refractivity contribution in [3.05, 3.63) is 24.3 Å². The minimum atomic E-state index is -0.741. The zero-order valence-corrected chi connectivity index (χ0v) is 6.61. The predicted molar refractivity (Wildman–Crippen MR) is 41.9 cm³/mol. The van der Waals surface area contributed by atoms with E-state index in [9.17, 15) is 9.59 Å². The summed E-state index contributed by atoms with van der Waals surface area (Å²) in [6.07, 6.45) is 6.14. The maximum absolute atomic E-state index is 11.1. The standard InChI is InChI=1S/C8H9NO3/c1-12-9-8(11)6-4-2-3-5-7(6)10/h2-6H,1H3,(H,9,11). The first-order chi connectivity index (χ1) is 5.75. The smallest absolute Gasteiger partial charge is 0.258 e. The summed E-state index contributed by atoms with van der Waals surface area (Å²) in [6.45, 7) is 0. The summed E-state index contributed by atoms with van der Waals surface area (Å²) >= 11 is 0. The van der Waals surface area contributed by atoms with Crippen LogP contribution in [0.5, 0.6) is 0 Å². The highest BCUT2D eigenvalue weighted by Crippen LogP contribution is 2.07. The van der Waals surface area contributed by atoms with Crippen molar-refractivity contribution in [2.24, 2.45) is 5.92 Å². The van der Waals surface area contributed by atoms with Crippen LogP contribution >= 0.6 is 0 Å². The molecule has 0 spiro atoms. The van der Waals surface area contributed by atoms with Crippen LogP contribution in [0.1, 0.15) is 0 Å². The molecule has 0 saturated heterocycles. The number of hydrogen-bond acceptors (Lipinski definition) is 3. The number of hydroxylamine groups is 1. The van der Waals surface area contributed by atoms with Gasteiger partial charge in [0.2, 0.25) is 0 Å². The molecule has 12 heavy (non-hydrogen) atoms. The van der Waals surface area contributed by atoms with Crippen molar-refractivity contribution in [2.75, 3.05) is 7.11 Å². The van der Waals surface area contributed by atoms with E-state index in [2.05, 4.69) is 10.3 Å². The normalized spacial score (nSPS) is 21.1. The lowest BCUT2D eigenvalue weighted by Gasteiger charge is -2.09. The monoisotopic (exact) mass is 167 g/mol. The molecule has 0 bridgehead atoms. The molecular weight excluding hydrogens is 158 g/mol. The topological polar surface area (TPSA) is 55.4 Å². The maximum Gasteiger partial charge on any atom is 0.258 e. The van der Waals surface area contributed by atoms with Gasteiger partial charge in [0.05, 0.1) is 7.11 Å². The SMILES string of the molecule is CONC(=O)C1C=CC=CC1=O. The molecule has 1 aliphatic carbocycles. The average molecular weight is 167 g/mol. The van der Waals surface area contributed by atoms with Gasteiger partial charge in [0, 0.05) is 0 Å². The molecule has 0 saturated carbocycles. The molecule has 0 heterocycles. The molecule has 1 aliphatic rings. The molecule has 1 amide bonds. The second kappa shape index (κ2) is 3.82. The quantitative estimate of drug-likeness (QED) is 0.464. The van der Waals surface area contributed by atoms with Crippen LogP contribution in [0, 0.1) is 5.92 Å². The van der Waals surface area contributed by atoms with Gasteiger partial charge in [-0.2, -0.15) is 0 Å². The lowest BCUT2D eigenvalue weighted by molar-refractivity contribution is -0.137. The van der Waals surface area contributed by atoms with E-state index < -0.39 is 11.8 Å². The Morgan fingerprint density at radius 3 is 2.92 bits per heavy atom. The number of allylic oxidation sites excluding steroid dienone is 3. The van der Waals surface area contributed by atoms with E-state index in [-0.39, 0.29) is 5.78 Å². The van der Waals surface area contributed by atoms with Crippen LogP contribution in [0.4, 0.5) is 0 Å². The third kappa shape index (κ3) is 1.79. The molecule has 0 aromatic rings. The van der Waals surface area contributed by atoms with Gasteiger partial charge in [-0.15, -0.1) is 0 Å². The van der Waals surface area contributed by atoms with Crippen molar-refractivity contribution in [1.82, 2.24) is 5.48 Å². The molecule has 0 aromatic heterocycles. The van der Waals surface area contributed by atoms with Crippen LogP contribution in [0.15, 0.2) is 24.3 Å². The second-order valence-electron chi connectivity index (χ2n) is 2.29. The molecule has 1 atom stereocenters. The molecule has 0 aromatic carbocycles. The van der Waals surface area contributed by atoms with E-state index in [0.717, 1.165) is 0 Å². The Morgan fingerprint density at radius 2 is 2.33 bits per heavy atom. The van der Waals surface area contributed by atoms with Crippen molar-refractivity contribution in [3.63, 3.8) is 0 Å². The molecule has 0 radical (unpaired) electrons. The molecule has 1 N–H and O–H groups in total.